The van der Waals surface area contributed by atoms with E-state index in [0.29, 0.717) is 27.6 Å². The fraction of sp³-hybridized carbons (Fsp3) is 0.150. The lowest BCUT2D eigenvalue weighted by Crippen LogP contribution is -2.10. The minimum Gasteiger partial charge on any atom is -0.497 e. The Labute approximate surface area is 182 Å². The molecule has 2 heterocycles. The van der Waals surface area contributed by atoms with Gasteiger partial charge in [-0.2, -0.15) is 4.98 Å². The Bertz CT molecular complexity index is 1270. The van der Waals surface area contributed by atoms with Crippen molar-refractivity contribution in [3.05, 3.63) is 53.7 Å². The maximum absolute atomic E-state index is 12.6. The van der Waals surface area contributed by atoms with Gasteiger partial charge in [0.05, 0.1) is 29.2 Å². The molecule has 0 fully saturated rings. The van der Waals surface area contributed by atoms with Gasteiger partial charge in [0, 0.05) is 5.30 Å². The van der Waals surface area contributed by atoms with Crippen LogP contribution in [0.4, 0.5) is 22.6 Å². The molecule has 0 amide bonds. The van der Waals surface area contributed by atoms with Gasteiger partial charge in [0.2, 0.25) is 5.95 Å². The molecule has 0 aliphatic heterocycles. The normalized spacial score (nSPS) is 11.5. The van der Waals surface area contributed by atoms with E-state index >= 15 is 0 Å². The van der Waals surface area contributed by atoms with Crippen molar-refractivity contribution in [3.63, 3.8) is 0 Å². The number of aromatic nitrogens is 3. The van der Waals surface area contributed by atoms with Crippen LogP contribution in [0.15, 0.2) is 48.7 Å². The fourth-order valence-electron chi connectivity index (χ4n) is 2.87. The van der Waals surface area contributed by atoms with Crippen molar-refractivity contribution in [1.29, 1.82) is 0 Å². The highest BCUT2D eigenvalue weighted by atomic mass is 35.5. The summed E-state index contributed by atoms with van der Waals surface area (Å²) in [6.45, 7) is 3.45. The van der Waals surface area contributed by atoms with E-state index in [-0.39, 0.29) is 0 Å². The molecule has 0 radical (unpaired) electrons. The smallest absolute Gasteiger partial charge is 0.231 e. The minimum atomic E-state index is -2.48. The van der Waals surface area contributed by atoms with Gasteiger partial charge < -0.3 is 14.6 Å². The number of thiazole rings is 1. The Morgan fingerprint density at radius 3 is 2.67 bits per heavy atom. The molecule has 2 aromatic heterocycles. The molecule has 0 saturated heterocycles. The summed E-state index contributed by atoms with van der Waals surface area (Å²) in [7, 11) is -0.851. The van der Waals surface area contributed by atoms with Crippen molar-refractivity contribution in [2.24, 2.45) is 0 Å². The maximum atomic E-state index is 12.6. The van der Waals surface area contributed by atoms with Crippen LogP contribution in [0, 0.1) is 0 Å². The number of nitrogens with one attached hydrogen (secondary N) is 2. The van der Waals surface area contributed by atoms with Crippen LogP contribution in [0.25, 0.3) is 10.2 Å². The Kier molecular flexibility index (Phi) is 5.64. The van der Waals surface area contributed by atoms with Crippen LogP contribution >= 0.6 is 30.1 Å². The second-order valence-corrected chi connectivity index (χ2v) is 11.5. The lowest BCUT2D eigenvalue weighted by Gasteiger charge is -2.15. The molecule has 0 aliphatic rings. The second-order valence-electron chi connectivity index (χ2n) is 6.86. The minimum absolute atomic E-state index is 0.349. The van der Waals surface area contributed by atoms with Gasteiger partial charge in [-0.15, -0.1) is 0 Å². The zero-order chi connectivity index (χ0) is 21.3. The fourth-order valence-corrected chi connectivity index (χ4v) is 5.05. The number of hydrogen-bond acceptors (Lipinski definition) is 8. The van der Waals surface area contributed by atoms with Gasteiger partial charge in [-0.25, -0.2) is 9.97 Å². The molecule has 7 nitrogen and oxygen atoms in total. The number of benzene rings is 2. The van der Waals surface area contributed by atoms with Gasteiger partial charge >= 0.3 is 0 Å². The van der Waals surface area contributed by atoms with Gasteiger partial charge in [0.25, 0.3) is 0 Å². The van der Waals surface area contributed by atoms with Crippen LogP contribution in [0.1, 0.15) is 0 Å². The van der Waals surface area contributed by atoms with Crippen LogP contribution in [0.3, 0.4) is 0 Å². The first-order valence-electron chi connectivity index (χ1n) is 8.99. The summed E-state index contributed by atoms with van der Waals surface area (Å²) in [5.74, 6) is 1.54. The zero-order valence-corrected chi connectivity index (χ0v) is 19.0. The van der Waals surface area contributed by atoms with Crippen molar-refractivity contribution >= 4 is 68.2 Å². The van der Waals surface area contributed by atoms with E-state index in [4.69, 9.17) is 16.3 Å². The third-order valence-electron chi connectivity index (χ3n) is 4.30. The van der Waals surface area contributed by atoms with E-state index < -0.39 is 7.14 Å². The van der Waals surface area contributed by atoms with Crippen molar-refractivity contribution in [1.82, 2.24) is 15.0 Å². The number of methoxy groups -OCH3 is 1. The van der Waals surface area contributed by atoms with Crippen LogP contribution < -0.4 is 20.7 Å². The molecule has 2 N–H and O–H groups in total. The van der Waals surface area contributed by atoms with E-state index in [1.165, 1.54) is 17.5 Å². The number of ether oxygens (including phenoxy) is 1. The number of rotatable bonds is 6. The molecule has 0 atom stereocenters. The van der Waals surface area contributed by atoms with Gasteiger partial charge in [-0.1, -0.05) is 35.1 Å². The monoisotopic (exact) mass is 459 g/mol. The lowest BCUT2D eigenvalue weighted by molar-refractivity contribution is 0.415. The number of hydrogen-bond donors (Lipinski definition) is 2. The first-order chi connectivity index (χ1) is 14.3. The van der Waals surface area contributed by atoms with E-state index in [0.717, 1.165) is 21.3 Å². The summed E-state index contributed by atoms with van der Waals surface area (Å²) >= 11 is 7.77. The predicted molar refractivity (Wildman–Crippen MR) is 125 cm³/mol. The third kappa shape index (κ3) is 4.41. The Balaban J connectivity index is 1.62. The Morgan fingerprint density at radius 2 is 1.90 bits per heavy atom. The van der Waals surface area contributed by atoms with Crippen molar-refractivity contribution in [3.8, 4) is 5.75 Å². The number of halogens is 1. The third-order valence-corrected chi connectivity index (χ3v) is 7.06. The first kappa shape index (κ1) is 20.6. The topological polar surface area (TPSA) is 89.0 Å². The van der Waals surface area contributed by atoms with Crippen molar-refractivity contribution < 1.29 is 9.30 Å². The molecule has 0 bridgehead atoms. The summed E-state index contributed by atoms with van der Waals surface area (Å²) in [4.78, 5) is 13.3. The highest BCUT2D eigenvalue weighted by Gasteiger charge is 2.17. The van der Waals surface area contributed by atoms with Gasteiger partial charge in [0.1, 0.15) is 17.9 Å². The molecule has 0 saturated carbocycles. The molecule has 30 heavy (non-hydrogen) atoms. The molecular formula is C20H19ClN5O2PS. The van der Waals surface area contributed by atoms with Gasteiger partial charge in [0.15, 0.2) is 10.9 Å². The number of para-hydroxylation sites is 1. The van der Waals surface area contributed by atoms with E-state index in [1.54, 1.807) is 20.4 Å². The summed E-state index contributed by atoms with van der Waals surface area (Å²) in [6, 6.07) is 13.1. The first-order valence-corrected chi connectivity index (χ1v) is 12.8. The SMILES string of the molecule is COc1ccc2nc(Nc3ncc(Cl)c(Nc4ccccc4P(C)(C)=O)n3)sc2c1. The molecule has 2 aromatic carbocycles. The molecule has 10 heteroatoms. The Morgan fingerprint density at radius 1 is 1.10 bits per heavy atom. The van der Waals surface area contributed by atoms with Crippen LogP contribution in [0.5, 0.6) is 5.75 Å². The second kappa shape index (κ2) is 8.22. The number of fused-ring (bicyclic) bond motifs is 1. The summed E-state index contributed by atoms with van der Waals surface area (Å²) in [6.07, 6.45) is 1.51. The standard InChI is InChI=1S/C20H19ClN5O2PS/c1-28-12-8-9-15-17(10-12)30-20(24-15)26-19-22-11-13(21)18(25-19)23-14-6-4-5-7-16(14)29(2,3)27/h4-11H,1-3H3,(H2,22,23,24,25,26). The quantitative estimate of drug-likeness (QED) is 0.369. The van der Waals surface area contributed by atoms with Crippen LogP contribution in [-0.2, 0) is 4.57 Å². The van der Waals surface area contributed by atoms with E-state index in [2.05, 4.69) is 25.6 Å². The molecule has 0 unspecified atom stereocenters. The van der Waals surface area contributed by atoms with Crippen LogP contribution in [0.2, 0.25) is 5.02 Å². The largest absolute Gasteiger partial charge is 0.497 e. The predicted octanol–water partition coefficient (Wildman–Crippen LogP) is 5.48. The van der Waals surface area contributed by atoms with Gasteiger partial charge in [-0.05, 0) is 43.7 Å². The van der Waals surface area contributed by atoms with Crippen molar-refractivity contribution in [2.75, 3.05) is 31.1 Å². The zero-order valence-electron chi connectivity index (χ0n) is 16.5. The number of anilines is 4. The number of nitrogens with zero attached hydrogens (tertiary/aromatic N) is 3. The highest BCUT2D eigenvalue weighted by Crippen LogP contribution is 2.38. The summed E-state index contributed by atoms with van der Waals surface area (Å²) in [5.41, 5.74) is 1.55. The summed E-state index contributed by atoms with van der Waals surface area (Å²) < 4.78 is 18.9. The maximum Gasteiger partial charge on any atom is 0.231 e. The van der Waals surface area contributed by atoms with E-state index in [9.17, 15) is 4.57 Å². The van der Waals surface area contributed by atoms with Crippen molar-refractivity contribution in [2.45, 2.75) is 0 Å². The lowest BCUT2D eigenvalue weighted by atomic mass is 10.3. The average molecular weight is 460 g/mol. The summed E-state index contributed by atoms with van der Waals surface area (Å²) in [5, 5.41) is 8.04. The Hall–Kier alpha value is -2.67. The van der Waals surface area contributed by atoms with Crippen LogP contribution in [-0.4, -0.2) is 35.4 Å². The molecule has 0 aliphatic carbocycles. The average Bonchev–Trinajstić information content (AvgIpc) is 3.11. The van der Waals surface area contributed by atoms with Gasteiger partial charge in [-0.3, -0.25) is 5.32 Å². The van der Waals surface area contributed by atoms with E-state index in [1.807, 2.05) is 42.5 Å². The molecule has 0 spiro atoms. The molecule has 4 aromatic rings. The molecule has 4 rings (SSSR count). The molecular weight excluding hydrogens is 441 g/mol. The highest BCUT2D eigenvalue weighted by molar-refractivity contribution is 7.70. The molecule has 154 valence electrons.